The van der Waals surface area contributed by atoms with Gasteiger partial charge >= 0.3 is 6.18 Å². The number of rotatable bonds is 5. The molecule has 2 rings (SSSR count). The van der Waals surface area contributed by atoms with E-state index >= 15 is 0 Å². The molecular weight excluding hydrogens is 297 g/mol. The van der Waals surface area contributed by atoms with Gasteiger partial charge in [-0.1, -0.05) is 6.07 Å². The Morgan fingerprint density at radius 2 is 1.91 bits per heavy atom. The minimum absolute atomic E-state index is 0.153. The second kappa shape index (κ2) is 6.65. The van der Waals surface area contributed by atoms with Crippen molar-refractivity contribution in [3.8, 4) is 17.4 Å². The molecule has 0 spiro atoms. The highest BCUT2D eigenvalue weighted by Gasteiger charge is 2.31. The predicted octanol–water partition coefficient (Wildman–Crippen LogP) is 3.40. The maximum atomic E-state index is 12.7. The van der Waals surface area contributed by atoms with Gasteiger partial charge in [0.25, 0.3) is 0 Å². The van der Waals surface area contributed by atoms with Crippen LogP contribution in [0.2, 0.25) is 0 Å². The normalized spacial score (nSPS) is 11.3. The highest BCUT2D eigenvalue weighted by Crippen LogP contribution is 2.34. The van der Waals surface area contributed by atoms with Gasteiger partial charge in [-0.3, -0.25) is 0 Å². The summed E-state index contributed by atoms with van der Waals surface area (Å²) in [6.07, 6.45) is -2.73. The van der Waals surface area contributed by atoms with E-state index in [9.17, 15) is 13.2 Å². The lowest BCUT2D eigenvalue weighted by molar-refractivity contribution is -0.137. The van der Waals surface area contributed by atoms with Crippen molar-refractivity contribution < 1.29 is 22.6 Å². The first kappa shape index (κ1) is 16.1. The molecule has 0 saturated heterocycles. The quantitative estimate of drug-likeness (QED) is 0.919. The van der Waals surface area contributed by atoms with Gasteiger partial charge in [-0.15, -0.1) is 0 Å². The summed E-state index contributed by atoms with van der Waals surface area (Å²) in [4.78, 5) is 3.78. The molecule has 0 unspecified atom stereocenters. The molecule has 0 bridgehead atoms. The van der Waals surface area contributed by atoms with Gasteiger partial charge in [0.15, 0.2) is 11.5 Å². The monoisotopic (exact) mass is 312 g/mol. The Morgan fingerprint density at radius 1 is 1.14 bits per heavy atom. The van der Waals surface area contributed by atoms with E-state index in [1.54, 1.807) is 18.2 Å². The first-order valence-corrected chi connectivity index (χ1v) is 6.52. The van der Waals surface area contributed by atoms with Crippen molar-refractivity contribution in [2.45, 2.75) is 12.6 Å². The van der Waals surface area contributed by atoms with Crippen molar-refractivity contribution in [1.29, 1.82) is 0 Å². The Morgan fingerprint density at radius 3 is 2.55 bits per heavy atom. The third-order valence-corrected chi connectivity index (χ3v) is 2.94. The van der Waals surface area contributed by atoms with Crippen molar-refractivity contribution in [2.75, 3.05) is 13.7 Å². The average molecular weight is 312 g/mol. The van der Waals surface area contributed by atoms with Crippen LogP contribution in [0.5, 0.6) is 17.4 Å². The highest BCUT2D eigenvalue weighted by atomic mass is 19.4. The second-order valence-corrected chi connectivity index (χ2v) is 4.51. The van der Waals surface area contributed by atoms with Crippen LogP contribution in [0.25, 0.3) is 0 Å². The fourth-order valence-corrected chi connectivity index (χ4v) is 1.87. The molecule has 0 aliphatic heterocycles. The van der Waals surface area contributed by atoms with E-state index in [0.29, 0.717) is 18.7 Å². The first-order valence-electron chi connectivity index (χ1n) is 6.52. The molecule has 118 valence electrons. The third kappa shape index (κ3) is 3.88. The number of nitrogens with zero attached hydrogens (tertiary/aromatic N) is 1. The molecule has 0 amide bonds. The lowest BCUT2D eigenvalue weighted by Gasteiger charge is -2.12. The van der Waals surface area contributed by atoms with Crippen LogP contribution in [0.3, 0.4) is 0 Å². The zero-order valence-electron chi connectivity index (χ0n) is 11.9. The Bertz CT molecular complexity index is 645. The molecule has 1 heterocycles. The molecule has 7 heteroatoms. The van der Waals surface area contributed by atoms with Crippen LogP contribution < -0.4 is 15.2 Å². The van der Waals surface area contributed by atoms with Crippen LogP contribution in [0.15, 0.2) is 36.5 Å². The number of benzene rings is 1. The summed E-state index contributed by atoms with van der Waals surface area (Å²) in [5, 5.41) is 0. The molecule has 22 heavy (non-hydrogen) atoms. The Labute approximate surface area is 125 Å². The van der Waals surface area contributed by atoms with E-state index in [1.165, 1.54) is 7.11 Å². The lowest BCUT2D eigenvalue weighted by atomic mass is 10.1. The molecular formula is C15H15F3N2O2. The number of nitrogens with two attached hydrogens (primary N) is 1. The topological polar surface area (TPSA) is 57.4 Å². The zero-order chi connectivity index (χ0) is 16.2. The maximum Gasteiger partial charge on any atom is 0.416 e. The largest absolute Gasteiger partial charge is 0.493 e. The number of hydrogen-bond donors (Lipinski definition) is 1. The van der Waals surface area contributed by atoms with Crippen LogP contribution in [0.1, 0.15) is 11.1 Å². The van der Waals surface area contributed by atoms with Gasteiger partial charge in [0.05, 0.1) is 12.7 Å². The van der Waals surface area contributed by atoms with E-state index in [4.69, 9.17) is 15.2 Å². The van der Waals surface area contributed by atoms with Gasteiger partial charge in [0, 0.05) is 12.3 Å². The van der Waals surface area contributed by atoms with Crippen molar-refractivity contribution in [2.24, 2.45) is 5.73 Å². The minimum Gasteiger partial charge on any atom is -0.493 e. The SMILES string of the molecule is COc1cc(CCN)ccc1Oc1cc(C(F)(F)F)ccn1. The zero-order valence-corrected chi connectivity index (χ0v) is 11.9. The number of aromatic nitrogens is 1. The number of ether oxygens (including phenoxy) is 2. The van der Waals surface area contributed by atoms with Crippen molar-refractivity contribution in [3.63, 3.8) is 0 Å². The van der Waals surface area contributed by atoms with E-state index < -0.39 is 11.7 Å². The molecule has 0 radical (unpaired) electrons. The molecule has 0 saturated carbocycles. The summed E-state index contributed by atoms with van der Waals surface area (Å²) in [7, 11) is 1.45. The van der Waals surface area contributed by atoms with Gasteiger partial charge in [0.1, 0.15) is 0 Å². The molecule has 0 fully saturated rings. The number of alkyl halides is 3. The standard InChI is InChI=1S/C15H15F3N2O2/c1-21-13-8-10(4-6-19)2-3-12(13)22-14-9-11(5-7-20-14)15(16,17)18/h2-3,5,7-9H,4,6,19H2,1H3. The van der Waals surface area contributed by atoms with Gasteiger partial charge in [-0.05, 0) is 36.7 Å². The average Bonchev–Trinajstić information content (AvgIpc) is 2.48. The predicted molar refractivity (Wildman–Crippen MR) is 75.1 cm³/mol. The van der Waals surface area contributed by atoms with Gasteiger partial charge in [-0.25, -0.2) is 4.98 Å². The number of methoxy groups -OCH3 is 1. The maximum absolute atomic E-state index is 12.7. The van der Waals surface area contributed by atoms with E-state index in [0.717, 1.165) is 23.9 Å². The van der Waals surface area contributed by atoms with Crippen molar-refractivity contribution in [3.05, 3.63) is 47.7 Å². The highest BCUT2D eigenvalue weighted by molar-refractivity contribution is 5.45. The summed E-state index contributed by atoms with van der Waals surface area (Å²) < 4.78 is 48.6. The molecule has 0 atom stereocenters. The van der Waals surface area contributed by atoms with Crippen LogP contribution in [0, 0.1) is 0 Å². The van der Waals surface area contributed by atoms with Crippen LogP contribution in [-0.2, 0) is 12.6 Å². The minimum atomic E-state index is -4.45. The fraction of sp³-hybridized carbons (Fsp3) is 0.267. The molecule has 0 aliphatic rings. The van der Waals surface area contributed by atoms with E-state index in [1.807, 2.05) is 0 Å². The number of pyridine rings is 1. The van der Waals surface area contributed by atoms with E-state index in [-0.39, 0.29) is 11.6 Å². The molecule has 2 aromatic rings. The summed E-state index contributed by atoms with van der Waals surface area (Å²) >= 11 is 0. The fourth-order valence-electron chi connectivity index (χ4n) is 1.87. The molecule has 0 aliphatic carbocycles. The van der Waals surface area contributed by atoms with Gasteiger partial charge in [-0.2, -0.15) is 13.2 Å². The Balaban J connectivity index is 2.27. The number of halogens is 3. The summed E-state index contributed by atoms with van der Waals surface area (Å²) in [5.74, 6) is 0.542. The van der Waals surface area contributed by atoms with Crippen molar-refractivity contribution >= 4 is 0 Å². The second-order valence-electron chi connectivity index (χ2n) is 4.51. The molecule has 4 nitrogen and oxygen atoms in total. The van der Waals surface area contributed by atoms with E-state index in [2.05, 4.69) is 4.98 Å². The summed E-state index contributed by atoms with van der Waals surface area (Å²) in [6.45, 7) is 0.485. The smallest absolute Gasteiger partial charge is 0.416 e. The van der Waals surface area contributed by atoms with Crippen LogP contribution >= 0.6 is 0 Å². The van der Waals surface area contributed by atoms with Gasteiger partial charge in [0.2, 0.25) is 5.88 Å². The molecule has 2 N–H and O–H groups in total. The molecule has 1 aromatic carbocycles. The summed E-state index contributed by atoms with van der Waals surface area (Å²) in [6, 6.07) is 6.85. The summed E-state index contributed by atoms with van der Waals surface area (Å²) in [5.41, 5.74) is 5.61. The molecule has 1 aromatic heterocycles. The van der Waals surface area contributed by atoms with Crippen LogP contribution in [0.4, 0.5) is 13.2 Å². The van der Waals surface area contributed by atoms with Gasteiger partial charge < -0.3 is 15.2 Å². The number of hydrogen-bond acceptors (Lipinski definition) is 4. The Hall–Kier alpha value is -2.28. The van der Waals surface area contributed by atoms with Crippen LogP contribution in [-0.4, -0.2) is 18.6 Å². The third-order valence-electron chi connectivity index (χ3n) is 2.94. The van der Waals surface area contributed by atoms with Crippen molar-refractivity contribution in [1.82, 2.24) is 4.98 Å². The Kier molecular flexibility index (Phi) is 4.87. The first-order chi connectivity index (χ1) is 10.4. The lowest BCUT2D eigenvalue weighted by Crippen LogP contribution is -2.05.